The van der Waals surface area contributed by atoms with Crippen molar-refractivity contribution in [3.05, 3.63) is 0 Å². The Morgan fingerprint density at radius 3 is 1.48 bits per heavy atom. The molecule has 0 aromatic rings. The lowest BCUT2D eigenvalue weighted by molar-refractivity contribution is -0.385. The summed E-state index contributed by atoms with van der Waals surface area (Å²) < 4.78 is 38.4. The molecule has 0 unspecified atom stereocenters. The van der Waals surface area contributed by atoms with Crippen molar-refractivity contribution in [1.29, 1.82) is 0 Å². The fraction of sp³-hybridized carbons (Fsp3) is 0.962. The highest BCUT2D eigenvalue weighted by Gasteiger charge is 2.55. The lowest BCUT2D eigenvalue weighted by Crippen LogP contribution is -2.69. The van der Waals surface area contributed by atoms with Crippen molar-refractivity contribution in [3.63, 3.8) is 0 Å². The third kappa shape index (κ3) is 8.08. The molecule has 22 nitrogen and oxygen atoms in total. The summed E-state index contributed by atoms with van der Waals surface area (Å²) in [7, 11) is 0. The van der Waals surface area contributed by atoms with Crippen molar-refractivity contribution in [1.82, 2.24) is 5.32 Å². The topological polar surface area (TPSA) is 357 Å². The van der Waals surface area contributed by atoms with Gasteiger partial charge in [-0.15, -0.1) is 0 Å². The summed E-state index contributed by atoms with van der Waals surface area (Å²) >= 11 is 0. The molecule has 4 aliphatic heterocycles. The van der Waals surface area contributed by atoms with Crippen LogP contribution in [-0.2, 0) is 38.0 Å². The zero-order valence-electron chi connectivity index (χ0n) is 25.5. The summed E-state index contributed by atoms with van der Waals surface area (Å²) in [6, 6.07) is -1.49. The first-order valence-electron chi connectivity index (χ1n) is 15.1. The standard InChI is InChI=1S/C26H45NO21/c1-6(32)27-11-14(35)12(33)7(2-28)43-24(11)48-22-13(34)8(3-29)44-26(19(22)40)47-21-10(5-31)45-25(18(39)16(21)37)46-20-9(4-30)42-23(41)17(38)15(20)36/h7-26,28-31,33-41H,2-5H2,1H3,(H,27,32)/t7-,8-,9-,10-,11-,12-,13+,14-,15-,16-,17-,18-,19-,20-,21+,22+,23-,24+,25+,26-/m1/s1. The molecule has 48 heavy (non-hydrogen) atoms. The van der Waals surface area contributed by atoms with Gasteiger partial charge in [0.2, 0.25) is 5.91 Å². The van der Waals surface area contributed by atoms with Crippen LogP contribution in [0.15, 0.2) is 0 Å². The van der Waals surface area contributed by atoms with Crippen LogP contribution in [0, 0.1) is 0 Å². The van der Waals surface area contributed by atoms with E-state index in [1.54, 1.807) is 0 Å². The summed E-state index contributed by atoms with van der Waals surface area (Å²) in [5.41, 5.74) is 0. The Kier molecular flexibility index (Phi) is 13.8. The molecule has 4 aliphatic rings. The first kappa shape index (κ1) is 39.5. The molecule has 22 heteroatoms. The fourth-order valence-corrected chi connectivity index (χ4v) is 5.95. The first-order chi connectivity index (χ1) is 22.7. The lowest BCUT2D eigenvalue weighted by Gasteiger charge is -2.49. The maximum absolute atomic E-state index is 11.8. The van der Waals surface area contributed by atoms with E-state index in [9.17, 15) is 71.2 Å². The first-order valence-corrected chi connectivity index (χ1v) is 15.1. The van der Waals surface area contributed by atoms with E-state index in [4.69, 9.17) is 33.2 Å². The second-order valence-corrected chi connectivity index (χ2v) is 11.9. The minimum absolute atomic E-state index is 0.693. The summed E-state index contributed by atoms with van der Waals surface area (Å²) in [4.78, 5) is 11.8. The summed E-state index contributed by atoms with van der Waals surface area (Å²) in [6.07, 6.45) is -33.5. The normalized spacial score (nSPS) is 50.2. The average molecular weight is 708 g/mol. The number of carbonyl (C=O) groups excluding carboxylic acids is 1. The third-order valence-electron chi connectivity index (χ3n) is 8.61. The van der Waals surface area contributed by atoms with E-state index in [2.05, 4.69) is 5.32 Å². The number of nitrogens with one attached hydrogen (secondary N) is 1. The van der Waals surface area contributed by atoms with Crippen molar-refractivity contribution in [3.8, 4) is 0 Å². The van der Waals surface area contributed by atoms with E-state index in [1.165, 1.54) is 0 Å². The van der Waals surface area contributed by atoms with Gasteiger partial charge in [0.05, 0.1) is 26.4 Å². The van der Waals surface area contributed by atoms with Crippen molar-refractivity contribution in [2.45, 2.75) is 130 Å². The number of ether oxygens (including phenoxy) is 7. The molecule has 0 bridgehead atoms. The Balaban J connectivity index is 1.51. The molecule has 20 atom stereocenters. The smallest absolute Gasteiger partial charge is 0.217 e. The van der Waals surface area contributed by atoms with Gasteiger partial charge < -0.3 is 105 Å². The SMILES string of the molecule is CC(=O)N[C@H]1[C@H](O[C@H]2[C@@H](O)[C@@H](CO)O[C@H](O[C@@H]3[C@H](O)[C@@H](O)[C@H](O[C@H]4[C@H](O)[C@@H](O)[C@H](O)O[C@@H]4CO)O[C@@H]3CO)[C@@H]2O)O[C@H](CO)[C@@H](O)[C@@H]1O. The Morgan fingerprint density at radius 1 is 0.500 bits per heavy atom. The highest BCUT2D eigenvalue weighted by atomic mass is 16.8. The summed E-state index contributed by atoms with van der Waals surface area (Å²) in [6.45, 7) is -2.35. The quantitative estimate of drug-likeness (QED) is 0.0947. The predicted molar refractivity (Wildman–Crippen MR) is 145 cm³/mol. The van der Waals surface area contributed by atoms with Crippen LogP contribution >= 0.6 is 0 Å². The molecular weight excluding hydrogens is 662 g/mol. The van der Waals surface area contributed by atoms with Gasteiger partial charge in [0.25, 0.3) is 0 Å². The van der Waals surface area contributed by atoms with Crippen molar-refractivity contribution < 1.29 is 104 Å². The van der Waals surface area contributed by atoms with Gasteiger partial charge in [0.1, 0.15) is 97.6 Å². The van der Waals surface area contributed by atoms with E-state index in [0.29, 0.717) is 0 Å². The number of amides is 1. The van der Waals surface area contributed by atoms with Gasteiger partial charge in [0.15, 0.2) is 25.2 Å². The maximum Gasteiger partial charge on any atom is 0.217 e. The maximum atomic E-state index is 11.8. The van der Waals surface area contributed by atoms with Crippen LogP contribution in [0.5, 0.6) is 0 Å². The Hall–Kier alpha value is -1.33. The molecule has 0 spiro atoms. The Morgan fingerprint density at radius 2 is 0.938 bits per heavy atom. The van der Waals surface area contributed by atoms with Crippen molar-refractivity contribution in [2.75, 3.05) is 26.4 Å². The largest absolute Gasteiger partial charge is 0.394 e. The van der Waals surface area contributed by atoms with Crippen LogP contribution in [0.25, 0.3) is 0 Å². The van der Waals surface area contributed by atoms with E-state index < -0.39 is 155 Å². The fourth-order valence-electron chi connectivity index (χ4n) is 5.95. The minimum Gasteiger partial charge on any atom is -0.394 e. The van der Waals surface area contributed by atoms with Crippen molar-refractivity contribution in [2.24, 2.45) is 0 Å². The van der Waals surface area contributed by atoms with Gasteiger partial charge in [-0.25, -0.2) is 0 Å². The number of hydrogen-bond acceptors (Lipinski definition) is 21. The monoisotopic (exact) mass is 707 g/mol. The van der Waals surface area contributed by atoms with E-state index in [0.717, 1.165) is 6.92 Å². The van der Waals surface area contributed by atoms with Crippen LogP contribution in [0.4, 0.5) is 0 Å². The third-order valence-corrected chi connectivity index (χ3v) is 8.61. The molecule has 1 amide bonds. The Labute approximate surface area is 272 Å². The molecule has 0 radical (unpaired) electrons. The molecular formula is C26H45NO21. The van der Waals surface area contributed by atoms with Crippen LogP contribution in [0.1, 0.15) is 6.92 Å². The van der Waals surface area contributed by atoms with E-state index >= 15 is 0 Å². The molecule has 0 aromatic carbocycles. The van der Waals surface area contributed by atoms with Gasteiger partial charge >= 0.3 is 0 Å². The molecule has 280 valence electrons. The molecule has 0 aliphatic carbocycles. The molecule has 4 rings (SSSR count). The Bertz CT molecular complexity index is 1030. The van der Waals surface area contributed by atoms with Gasteiger partial charge in [-0.2, -0.15) is 0 Å². The highest BCUT2D eigenvalue weighted by molar-refractivity contribution is 5.73. The van der Waals surface area contributed by atoms with Crippen LogP contribution in [0.2, 0.25) is 0 Å². The molecule has 0 aromatic heterocycles. The van der Waals surface area contributed by atoms with Gasteiger partial charge in [-0.1, -0.05) is 0 Å². The van der Waals surface area contributed by atoms with Crippen LogP contribution in [-0.4, -0.2) is 221 Å². The highest BCUT2D eigenvalue weighted by Crippen LogP contribution is 2.34. The molecule has 0 saturated carbocycles. The number of hydrogen-bond donors (Lipinski definition) is 14. The molecule has 4 fully saturated rings. The number of aliphatic hydroxyl groups excluding tert-OH is 13. The second-order valence-electron chi connectivity index (χ2n) is 11.9. The van der Waals surface area contributed by atoms with Gasteiger partial charge in [-0.05, 0) is 0 Å². The molecule has 14 N–H and O–H groups in total. The second kappa shape index (κ2) is 16.8. The lowest BCUT2D eigenvalue weighted by atomic mass is 9.95. The van der Waals surface area contributed by atoms with Gasteiger partial charge in [0, 0.05) is 6.92 Å². The number of rotatable bonds is 11. The molecule has 4 saturated heterocycles. The van der Waals surface area contributed by atoms with Crippen molar-refractivity contribution >= 4 is 5.91 Å². The molecule has 4 heterocycles. The van der Waals surface area contributed by atoms with Gasteiger partial charge in [-0.3, -0.25) is 4.79 Å². The minimum atomic E-state index is -2.03. The summed E-state index contributed by atoms with van der Waals surface area (Å²) in [5, 5.41) is 136. The van der Waals surface area contributed by atoms with E-state index in [1.807, 2.05) is 0 Å². The predicted octanol–water partition coefficient (Wildman–Crippen LogP) is -9.61. The van der Waals surface area contributed by atoms with Crippen LogP contribution in [0.3, 0.4) is 0 Å². The zero-order valence-corrected chi connectivity index (χ0v) is 25.5. The number of carbonyl (C=O) groups is 1. The average Bonchev–Trinajstić information content (AvgIpc) is 3.06. The number of aliphatic hydroxyl groups is 13. The van der Waals surface area contributed by atoms with Crippen LogP contribution < -0.4 is 5.32 Å². The summed E-state index contributed by atoms with van der Waals surface area (Å²) in [5.74, 6) is -0.693. The zero-order chi connectivity index (χ0) is 35.6. The van der Waals surface area contributed by atoms with E-state index in [-0.39, 0.29) is 0 Å².